The molecule has 1 heterocycles. The molecule has 0 spiro atoms. The van der Waals surface area contributed by atoms with Gasteiger partial charge in [-0.15, -0.1) is 0 Å². The van der Waals surface area contributed by atoms with E-state index in [1.807, 2.05) is 36.4 Å². The van der Waals surface area contributed by atoms with Gasteiger partial charge in [0.15, 0.2) is 0 Å². The lowest BCUT2D eigenvalue weighted by Crippen LogP contribution is -2.39. The molecule has 0 bridgehead atoms. The Bertz CT molecular complexity index is 1170. The van der Waals surface area contributed by atoms with Crippen molar-refractivity contribution in [2.45, 2.75) is 24.4 Å². The fraction of sp³-hybridized carbons (Fsp3) is 0.143. The van der Waals surface area contributed by atoms with E-state index in [4.69, 9.17) is 0 Å². The Morgan fingerprint density at radius 3 is 2.41 bits per heavy atom. The lowest BCUT2D eigenvalue weighted by Gasteiger charge is -2.12. The molecule has 0 unspecified atom stereocenters. The molecular formula is C21H20FN3O3S. The number of nitrogens with zero attached hydrogens (tertiary/aromatic N) is 2. The monoisotopic (exact) mass is 413 g/mol. The third-order valence-electron chi connectivity index (χ3n) is 4.17. The molecule has 150 valence electrons. The van der Waals surface area contributed by atoms with Gasteiger partial charge in [0.2, 0.25) is 10.0 Å². The van der Waals surface area contributed by atoms with Crippen LogP contribution in [-0.4, -0.2) is 24.9 Å². The van der Waals surface area contributed by atoms with E-state index >= 15 is 0 Å². The van der Waals surface area contributed by atoms with Crippen LogP contribution in [0.3, 0.4) is 0 Å². The van der Waals surface area contributed by atoms with Gasteiger partial charge >= 0.3 is 0 Å². The number of amides is 1. The van der Waals surface area contributed by atoms with Crippen molar-refractivity contribution in [1.82, 2.24) is 9.29 Å². The maximum Gasteiger partial charge on any atom is 0.265 e. The maximum absolute atomic E-state index is 13.8. The molecule has 29 heavy (non-hydrogen) atoms. The largest absolute Gasteiger partial charge is 0.328 e. The molecule has 8 heteroatoms. The lowest BCUT2D eigenvalue weighted by molar-refractivity contribution is -0.119. The number of sulfonamides is 1. The Hall–Kier alpha value is -3.10. The number of nitrogens with one attached hydrogen (secondary N) is 1. The summed E-state index contributed by atoms with van der Waals surface area (Å²) in [4.78, 5) is 16.1. The first-order chi connectivity index (χ1) is 13.9. The highest BCUT2D eigenvalue weighted by atomic mass is 32.2. The van der Waals surface area contributed by atoms with Crippen LogP contribution in [0, 0.1) is 5.82 Å². The van der Waals surface area contributed by atoms with E-state index < -0.39 is 32.7 Å². The van der Waals surface area contributed by atoms with Crippen LogP contribution in [0.1, 0.15) is 12.5 Å². The Balaban J connectivity index is 1.82. The van der Waals surface area contributed by atoms with E-state index in [2.05, 4.69) is 9.71 Å². The predicted octanol–water partition coefficient (Wildman–Crippen LogP) is 2.47. The molecule has 1 amide bonds. The second-order valence-corrected chi connectivity index (χ2v) is 8.08. The van der Waals surface area contributed by atoms with Crippen molar-refractivity contribution in [3.8, 4) is 0 Å². The van der Waals surface area contributed by atoms with Crippen LogP contribution in [-0.2, 0) is 21.4 Å². The number of benzene rings is 2. The van der Waals surface area contributed by atoms with Gasteiger partial charge in [-0.25, -0.2) is 12.8 Å². The molecule has 0 fully saturated rings. The van der Waals surface area contributed by atoms with Crippen molar-refractivity contribution in [3.63, 3.8) is 0 Å². The minimum absolute atomic E-state index is 0.387. The standard InChI is InChI=1S/C21H20FN3O3S/c1-16(24-29(27,28)19-12-6-5-11-18(19)22)21(26)23-20-13-7-8-14-25(20)15-17-9-3-2-4-10-17/h2-14,16,24H,15H2,1H3/t16-/m0/s1. The number of carbonyl (C=O) groups is 1. The molecule has 1 aromatic heterocycles. The van der Waals surface area contributed by atoms with Gasteiger partial charge in [0.05, 0.1) is 0 Å². The maximum atomic E-state index is 13.8. The molecule has 0 aliphatic carbocycles. The van der Waals surface area contributed by atoms with Crippen molar-refractivity contribution in [1.29, 1.82) is 0 Å². The highest BCUT2D eigenvalue weighted by molar-refractivity contribution is 7.89. The second-order valence-electron chi connectivity index (χ2n) is 6.40. The van der Waals surface area contributed by atoms with E-state index in [0.29, 0.717) is 12.0 Å². The average Bonchev–Trinajstić information content (AvgIpc) is 2.70. The predicted molar refractivity (Wildman–Crippen MR) is 107 cm³/mol. The minimum Gasteiger partial charge on any atom is -0.328 e. The van der Waals surface area contributed by atoms with Crippen LogP contribution >= 0.6 is 0 Å². The van der Waals surface area contributed by atoms with E-state index in [1.165, 1.54) is 19.1 Å². The fourth-order valence-corrected chi connectivity index (χ4v) is 3.98. The minimum atomic E-state index is -4.20. The number of carbonyl (C=O) groups excluding carboxylic acids is 1. The van der Waals surface area contributed by atoms with Gasteiger partial charge < -0.3 is 4.57 Å². The van der Waals surface area contributed by atoms with Crippen molar-refractivity contribution in [3.05, 3.63) is 95.9 Å². The van der Waals surface area contributed by atoms with Crippen LogP contribution in [0.15, 0.2) is 88.9 Å². The number of halogens is 1. The smallest absolute Gasteiger partial charge is 0.265 e. The van der Waals surface area contributed by atoms with Gasteiger partial charge in [0, 0.05) is 12.7 Å². The molecular weight excluding hydrogens is 393 g/mol. The molecule has 0 saturated heterocycles. The number of aromatic nitrogens is 1. The topological polar surface area (TPSA) is 80.5 Å². The summed E-state index contributed by atoms with van der Waals surface area (Å²) in [5.74, 6) is -1.57. The molecule has 1 atom stereocenters. The molecule has 3 aromatic rings. The number of rotatable bonds is 6. The fourth-order valence-electron chi connectivity index (χ4n) is 2.70. The molecule has 0 radical (unpaired) electrons. The summed E-state index contributed by atoms with van der Waals surface area (Å²) in [5.41, 5.74) is 1.42. The molecule has 2 aromatic carbocycles. The van der Waals surface area contributed by atoms with E-state index in [9.17, 15) is 17.6 Å². The van der Waals surface area contributed by atoms with Crippen LogP contribution in [0.2, 0.25) is 0 Å². The Kier molecular flexibility index (Phi) is 6.36. The zero-order valence-corrected chi connectivity index (χ0v) is 16.5. The Morgan fingerprint density at radius 2 is 1.69 bits per heavy atom. The van der Waals surface area contributed by atoms with Gasteiger partial charge in [0.25, 0.3) is 5.91 Å². The summed E-state index contributed by atoms with van der Waals surface area (Å²) in [6.07, 6.45) is 1.79. The van der Waals surface area contributed by atoms with Gasteiger partial charge in [-0.05, 0) is 36.8 Å². The first-order valence-corrected chi connectivity index (χ1v) is 10.4. The van der Waals surface area contributed by atoms with Gasteiger partial charge in [-0.1, -0.05) is 48.5 Å². The van der Waals surface area contributed by atoms with Crippen LogP contribution in [0.25, 0.3) is 0 Å². The highest BCUT2D eigenvalue weighted by Gasteiger charge is 2.24. The SMILES string of the molecule is C[C@H](NS(=O)(=O)c1ccccc1F)C(=O)N=c1ccccn1Cc1ccccc1. The lowest BCUT2D eigenvalue weighted by atomic mass is 10.2. The Labute approximate surface area is 168 Å². The van der Waals surface area contributed by atoms with E-state index in [0.717, 1.165) is 17.7 Å². The van der Waals surface area contributed by atoms with Gasteiger partial charge in [-0.2, -0.15) is 9.71 Å². The Morgan fingerprint density at radius 1 is 1.03 bits per heavy atom. The summed E-state index contributed by atoms with van der Waals surface area (Å²) in [5, 5.41) is 0. The first kappa shape index (κ1) is 20.6. The molecule has 0 aliphatic heterocycles. The van der Waals surface area contributed by atoms with Crippen molar-refractivity contribution >= 4 is 15.9 Å². The molecule has 0 aliphatic rings. The summed E-state index contributed by atoms with van der Waals surface area (Å²) in [7, 11) is -4.20. The van der Waals surface area contributed by atoms with Crippen LogP contribution in [0.5, 0.6) is 0 Å². The molecule has 0 saturated carbocycles. The van der Waals surface area contributed by atoms with Crippen molar-refractivity contribution < 1.29 is 17.6 Å². The molecule has 6 nitrogen and oxygen atoms in total. The number of hydrogen-bond acceptors (Lipinski definition) is 3. The summed E-state index contributed by atoms with van der Waals surface area (Å²) in [6.45, 7) is 1.87. The van der Waals surface area contributed by atoms with E-state index in [-0.39, 0.29) is 0 Å². The zero-order valence-electron chi connectivity index (χ0n) is 15.7. The van der Waals surface area contributed by atoms with Gasteiger partial charge in [-0.3, -0.25) is 4.79 Å². The highest BCUT2D eigenvalue weighted by Crippen LogP contribution is 2.13. The summed E-state index contributed by atoms with van der Waals surface area (Å²) >= 11 is 0. The summed E-state index contributed by atoms with van der Waals surface area (Å²) in [6, 6.07) is 18.7. The average molecular weight is 413 g/mol. The molecule has 1 N–H and O–H groups in total. The molecule has 3 rings (SSSR count). The quantitative estimate of drug-likeness (QED) is 0.674. The van der Waals surface area contributed by atoms with Crippen LogP contribution < -0.4 is 10.2 Å². The number of hydrogen-bond donors (Lipinski definition) is 1. The van der Waals surface area contributed by atoms with Crippen molar-refractivity contribution in [2.24, 2.45) is 4.99 Å². The first-order valence-electron chi connectivity index (χ1n) is 8.91. The third kappa shape index (κ3) is 5.24. The third-order valence-corrected chi connectivity index (χ3v) is 5.74. The van der Waals surface area contributed by atoms with Crippen LogP contribution in [0.4, 0.5) is 4.39 Å². The van der Waals surface area contributed by atoms with Crippen molar-refractivity contribution in [2.75, 3.05) is 0 Å². The zero-order chi connectivity index (χ0) is 20.9. The van der Waals surface area contributed by atoms with E-state index in [1.54, 1.807) is 22.9 Å². The normalized spacial score (nSPS) is 13.2. The second kappa shape index (κ2) is 8.93. The van der Waals surface area contributed by atoms with Gasteiger partial charge in [0.1, 0.15) is 22.2 Å². The summed E-state index contributed by atoms with van der Waals surface area (Å²) < 4.78 is 42.5. The number of pyridine rings is 1.